The van der Waals surface area contributed by atoms with Crippen LogP contribution in [0.5, 0.6) is 5.75 Å². The van der Waals surface area contributed by atoms with Crippen molar-refractivity contribution in [3.05, 3.63) is 69.7 Å². The van der Waals surface area contributed by atoms with E-state index >= 15 is 0 Å². The summed E-state index contributed by atoms with van der Waals surface area (Å²) in [5.41, 5.74) is 1.23. The van der Waals surface area contributed by atoms with Crippen LogP contribution in [0.2, 0.25) is 0 Å². The van der Waals surface area contributed by atoms with Crippen molar-refractivity contribution in [1.29, 1.82) is 0 Å². The van der Waals surface area contributed by atoms with E-state index in [9.17, 15) is 14.7 Å². The van der Waals surface area contributed by atoms with Gasteiger partial charge in [0.25, 0.3) is 11.7 Å². The third kappa shape index (κ3) is 3.81. The minimum absolute atomic E-state index is 0.0635. The number of ether oxygens (including phenoxy) is 2. The summed E-state index contributed by atoms with van der Waals surface area (Å²) in [6.07, 6.45) is 0. The van der Waals surface area contributed by atoms with Crippen LogP contribution in [0.3, 0.4) is 0 Å². The Labute approximate surface area is 171 Å². The zero-order valence-electron chi connectivity index (χ0n) is 15.5. The third-order valence-corrected chi connectivity index (χ3v) is 5.15. The Morgan fingerprint density at radius 3 is 2.29 bits per heavy atom. The number of aliphatic hydroxyl groups is 1. The standard InChI is InChI=1S/C21H20BrNO5/c1-27-12-11-23-18(13-3-7-15(22)8-4-13)17(20(25)21(23)26)19(24)14-5-9-16(28-2)10-6-14/h3-10,18,24H,11-12H2,1-2H3/b19-17+. The molecule has 1 heterocycles. The van der Waals surface area contributed by atoms with Gasteiger partial charge in [0.2, 0.25) is 0 Å². The monoisotopic (exact) mass is 445 g/mol. The van der Waals surface area contributed by atoms with Gasteiger partial charge in [-0.3, -0.25) is 9.59 Å². The number of methoxy groups -OCH3 is 2. The number of Topliss-reactive ketones (excluding diaryl/α,β-unsaturated/α-hetero) is 1. The van der Waals surface area contributed by atoms with Crippen molar-refractivity contribution >= 4 is 33.4 Å². The first-order valence-corrected chi connectivity index (χ1v) is 9.44. The van der Waals surface area contributed by atoms with Gasteiger partial charge in [-0.05, 0) is 42.0 Å². The fraction of sp³-hybridized carbons (Fsp3) is 0.238. The van der Waals surface area contributed by atoms with Crippen molar-refractivity contribution in [1.82, 2.24) is 4.90 Å². The number of hydrogen-bond donors (Lipinski definition) is 1. The van der Waals surface area contributed by atoms with Gasteiger partial charge in [0.1, 0.15) is 11.5 Å². The number of ketones is 1. The van der Waals surface area contributed by atoms with Crippen molar-refractivity contribution in [3.63, 3.8) is 0 Å². The van der Waals surface area contributed by atoms with Gasteiger partial charge in [-0.15, -0.1) is 0 Å². The predicted octanol–water partition coefficient (Wildman–Crippen LogP) is 3.53. The maximum atomic E-state index is 12.8. The zero-order chi connectivity index (χ0) is 20.3. The van der Waals surface area contributed by atoms with E-state index in [1.807, 2.05) is 24.3 Å². The average Bonchev–Trinajstić information content (AvgIpc) is 2.97. The Morgan fingerprint density at radius 2 is 1.71 bits per heavy atom. The second-order valence-corrected chi connectivity index (χ2v) is 7.18. The number of nitrogens with zero attached hydrogens (tertiary/aromatic N) is 1. The van der Waals surface area contributed by atoms with Crippen molar-refractivity contribution in [2.24, 2.45) is 0 Å². The Hall–Kier alpha value is -2.64. The Bertz CT molecular complexity index is 905. The van der Waals surface area contributed by atoms with E-state index in [0.717, 1.165) is 10.0 Å². The van der Waals surface area contributed by atoms with E-state index in [2.05, 4.69) is 15.9 Å². The topological polar surface area (TPSA) is 76.1 Å². The van der Waals surface area contributed by atoms with Gasteiger partial charge in [-0.25, -0.2) is 0 Å². The number of aliphatic hydroxyl groups excluding tert-OH is 1. The molecule has 1 unspecified atom stereocenters. The summed E-state index contributed by atoms with van der Waals surface area (Å²) >= 11 is 3.39. The SMILES string of the molecule is COCCN1C(=O)C(=O)/C(=C(/O)c2ccc(OC)cc2)C1c1ccc(Br)cc1. The highest BCUT2D eigenvalue weighted by atomic mass is 79.9. The molecule has 1 atom stereocenters. The summed E-state index contributed by atoms with van der Waals surface area (Å²) in [5.74, 6) is -0.951. The third-order valence-electron chi connectivity index (χ3n) is 4.63. The van der Waals surface area contributed by atoms with Crippen molar-refractivity contribution in [2.75, 3.05) is 27.4 Å². The summed E-state index contributed by atoms with van der Waals surface area (Å²) in [7, 11) is 3.08. The van der Waals surface area contributed by atoms with Crippen LogP contribution in [-0.4, -0.2) is 49.1 Å². The summed E-state index contributed by atoms with van der Waals surface area (Å²) in [5, 5.41) is 10.9. The van der Waals surface area contributed by atoms with E-state index in [0.29, 0.717) is 11.3 Å². The number of amides is 1. The van der Waals surface area contributed by atoms with Gasteiger partial charge in [0.15, 0.2) is 0 Å². The van der Waals surface area contributed by atoms with Gasteiger partial charge in [0.05, 0.1) is 25.3 Å². The largest absolute Gasteiger partial charge is 0.507 e. The molecule has 6 nitrogen and oxygen atoms in total. The maximum absolute atomic E-state index is 12.8. The Kier molecular flexibility index (Phi) is 6.16. The molecule has 2 aromatic rings. The fourth-order valence-corrected chi connectivity index (χ4v) is 3.46. The molecule has 146 valence electrons. The Morgan fingerprint density at radius 1 is 1.07 bits per heavy atom. The zero-order valence-corrected chi connectivity index (χ0v) is 17.1. The summed E-state index contributed by atoms with van der Waals surface area (Å²) in [6, 6.07) is 13.3. The number of likely N-dealkylation sites (tertiary alicyclic amines) is 1. The molecule has 1 aliphatic rings. The van der Waals surface area contributed by atoms with Gasteiger partial charge in [0, 0.05) is 23.7 Å². The van der Waals surface area contributed by atoms with Crippen LogP contribution in [0.15, 0.2) is 58.6 Å². The number of carbonyl (C=O) groups excluding carboxylic acids is 2. The Balaban J connectivity index is 2.12. The molecule has 2 aromatic carbocycles. The molecular formula is C21H20BrNO5. The van der Waals surface area contributed by atoms with Crippen LogP contribution in [0, 0.1) is 0 Å². The van der Waals surface area contributed by atoms with Crippen LogP contribution in [0.1, 0.15) is 17.2 Å². The fourth-order valence-electron chi connectivity index (χ4n) is 3.20. The molecule has 0 aliphatic carbocycles. The number of benzene rings is 2. The van der Waals surface area contributed by atoms with Crippen molar-refractivity contribution in [3.8, 4) is 5.75 Å². The molecule has 1 fully saturated rings. The molecular weight excluding hydrogens is 426 g/mol. The lowest BCUT2D eigenvalue weighted by Gasteiger charge is -2.25. The summed E-state index contributed by atoms with van der Waals surface area (Å²) in [6.45, 7) is 0.518. The second kappa shape index (κ2) is 8.58. The first-order chi connectivity index (χ1) is 13.5. The smallest absolute Gasteiger partial charge is 0.295 e. The van der Waals surface area contributed by atoms with E-state index in [4.69, 9.17) is 9.47 Å². The summed E-state index contributed by atoms with van der Waals surface area (Å²) < 4.78 is 11.1. The van der Waals surface area contributed by atoms with E-state index in [-0.39, 0.29) is 24.5 Å². The molecule has 0 bridgehead atoms. The van der Waals surface area contributed by atoms with Gasteiger partial charge in [-0.1, -0.05) is 28.1 Å². The molecule has 1 aliphatic heterocycles. The molecule has 1 saturated heterocycles. The minimum atomic E-state index is -0.711. The molecule has 3 rings (SSSR count). The van der Waals surface area contributed by atoms with Crippen LogP contribution in [0.25, 0.3) is 5.76 Å². The normalized spacial score (nSPS) is 18.5. The van der Waals surface area contributed by atoms with Crippen molar-refractivity contribution < 1.29 is 24.2 Å². The molecule has 1 amide bonds. The van der Waals surface area contributed by atoms with Crippen LogP contribution in [0.4, 0.5) is 0 Å². The predicted molar refractivity (Wildman–Crippen MR) is 108 cm³/mol. The lowest BCUT2D eigenvalue weighted by Crippen LogP contribution is -2.32. The first kappa shape index (κ1) is 20.1. The number of rotatable bonds is 6. The average molecular weight is 446 g/mol. The van der Waals surface area contributed by atoms with Crippen molar-refractivity contribution in [2.45, 2.75) is 6.04 Å². The van der Waals surface area contributed by atoms with Crippen LogP contribution >= 0.6 is 15.9 Å². The number of carbonyl (C=O) groups is 2. The molecule has 1 N–H and O–H groups in total. The molecule has 0 radical (unpaired) electrons. The van der Waals surface area contributed by atoms with Gasteiger partial charge in [-0.2, -0.15) is 0 Å². The highest BCUT2D eigenvalue weighted by molar-refractivity contribution is 9.10. The lowest BCUT2D eigenvalue weighted by atomic mass is 9.95. The molecule has 0 spiro atoms. The maximum Gasteiger partial charge on any atom is 0.295 e. The lowest BCUT2D eigenvalue weighted by molar-refractivity contribution is -0.140. The highest BCUT2D eigenvalue weighted by Gasteiger charge is 2.45. The highest BCUT2D eigenvalue weighted by Crippen LogP contribution is 2.39. The second-order valence-electron chi connectivity index (χ2n) is 6.27. The van der Waals surface area contributed by atoms with E-state index < -0.39 is 17.7 Å². The molecule has 0 saturated carbocycles. The molecule has 28 heavy (non-hydrogen) atoms. The van der Waals surface area contributed by atoms with Crippen LogP contribution < -0.4 is 4.74 Å². The van der Waals surface area contributed by atoms with Gasteiger partial charge >= 0.3 is 0 Å². The number of halogens is 1. The minimum Gasteiger partial charge on any atom is -0.507 e. The van der Waals surface area contributed by atoms with E-state index in [1.54, 1.807) is 31.4 Å². The summed E-state index contributed by atoms with van der Waals surface area (Å²) in [4.78, 5) is 26.9. The molecule has 7 heteroatoms. The first-order valence-electron chi connectivity index (χ1n) is 8.65. The quantitative estimate of drug-likeness (QED) is 0.418. The van der Waals surface area contributed by atoms with Gasteiger partial charge < -0.3 is 19.5 Å². The molecule has 0 aromatic heterocycles. The van der Waals surface area contributed by atoms with Crippen LogP contribution in [-0.2, 0) is 14.3 Å². The number of hydrogen-bond acceptors (Lipinski definition) is 5. The van der Waals surface area contributed by atoms with E-state index in [1.165, 1.54) is 12.0 Å².